The molecular formula is C32H21B2FN2O. The van der Waals surface area contributed by atoms with E-state index < -0.39 is 11.2 Å². The van der Waals surface area contributed by atoms with Gasteiger partial charge in [0.15, 0.2) is 0 Å². The van der Waals surface area contributed by atoms with E-state index in [4.69, 9.17) is 20.1 Å². The molecule has 0 amide bonds. The van der Waals surface area contributed by atoms with E-state index in [1.807, 2.05) is 87.5 Å². The van der Waals surface area contributed by atoms with Gasteiger partial charge in [-0.05, 0) is 51.0 Å². The second-order valence-corrected chi connectivity index (χ2v) is 10.5. The van der Waals surface area contributed by atoms with Crippen molar-refractivity contribution in [3.05, 3.63) is 89.7 Å². The Balaban J connectivity index is 1.69. The molecule has 0 saturated carbocycles. The Bertz CT molecular complexity index is 1960. The van der Waals surface area contributed by atoms with Crippen LogP contribution in [0.2, 0.25) is 0 Å². The van der Waals surface area contributed by atoms with E-state index in [0.717, 1.165) is 27.1 Å². The Morgan fingerprint density at radius 3 is 2.24 bits per heavy atom. The predicted molar refractivity (Wildman–Crippen MR) is 154 cm³/mol. The molecule has 3 nitrogen and oxygen atoms in total. The molecule has 0 aliphatic carbocycles. The quantitative estimate of drug-likeness (QED) is 0.266. The fourth-order valence-electron chi connectivity index (χ4n) is 5.36. The third kappa shape index (κ3) is 3.54. The van der Waals surface area contributed by atoms with Crippen LogP contribution in [0, 0.1) is 17.1 Å². The molecule has 0 unspecified atom stereocenters. The molecule has 2 heterocycles. The fraction of sp³-hybridized carbons (Fsp3) is 0.125. The Kier molecular flexibility index (Phi) is 5.43. The molecular weight excluding hydrogens is 469 g/mol. The summed E-state index contributed by atoms with van der Waals surface area (Å²) in [5, 5.41) is 13.8. The lowest BCUT2D eigenvalue weighted by Crippen LogP contribution is -2.34. The smallest absolute Gasteiger partial charge is 0.144 e. The standard InChI is InChI=1S/C32H21B2FN2O/c1-32(2,3)25-27(35)26(33)28(37-31(25)34)23-13-7-12-21-22-15-14-18(16-36)24(30(22)38-29(21)23)20-11-6-9-17-8-4-5-10-19(17)20/h4-15H,1-3H3. The van der Waals surface area contributed by atoms with Gasteiger partial charge < -0.3 is 4.42 Å². The van der Waals surface area contributed by atoms with Crippen molar-refractivity contribution in [2.75, 3.05) is 0 Å². The van der Waals surface area contributed by atoms with Crippen LogP contribution in [0.5, 0.6) is 0 Å². The Hall–Kier alpha value is -4.36. The van der Waals surface area contributed by atoms with Crippen molar-refractivity contribution in [3.63, 3.8) is 0 Å². The summed E-state index contributed by atoms with van der Waals surface area (Å²) in [6.07, 6.45) is 0. The third-order valence-corrected chi connectivity index (χ3v) is 7.05. The highest BCUT2D eigenvalue weighted by Gasteiger charge is 2.26. The van der Waals surface area contributed by atoms with Crippen LogP contribution in [-0.4, -0.2) is 20.7 Å². The fourth-order valence-corrected chi connectivity index (χ4v) is 5.36. The summed E-state index contributed by atoms with van der Waals surface area (Å²) in [6, 6.07) is 25.6. The molecule has 6 heteroatoms. The highest BCUT2D eigenvalue weighted by Crippen LogP contribution is 2.42. The normalized spacial score (nSPS) is 11.9. The van der Waals surface area contributed by atoms with Crippen molar-refractivity contribution in [1.29, 1.82) is 5.26 Å². The lowest BCUT2D eigenvalue weighted by molar-refractivity contribution is 0.529. The summed E-state index contributed by atoms with van der Waals surface area (Å²) >= 11 is 0. The first kappa shape index (κ1) is 24.0. The molecule has 6 rings (SSSR count). The summed E-state index contributed by atoms with van der Waals surface area (Å²) in [6.45, 7) is 5.60. The van der Waals surface area contributed by atoms with Crippen LogP contribution in [0.15, 0.2) is 77.2 Å². The summed E-state index contributed by atoms with van der Waals surface area (Å²) in [5.74, 6) is -0.573. The first-order valence-corrected chi connectivity index (χ1v) is 12.3. The van der Waals surface area contributed by atoms with Gasteiger partial charge in [-0.25, -0.2) is 4.39 Å². The van der Waals surface area contributed by atoms with Crippen LogP contribution in [0.3, 0.4) is 0 Å². The largest absolute Gasteiger partial charge is 0.455 e. The van der Waals surface area contributed by atoms with Crippen LogP contribution in [0.25, 0.3) is 55.1 Å². The maximum Gasteiger partial charge on any atom is 0.144 e. The zero-order valence-corrected chi connectivity index (χ0v) is 21.3. The molecule has 0 bridgehead atoms. The van der Waals surface area contributed by atoms with E-state index in [2.05, 4.69) is 11.1 Å². The van der Waals surface area contributed by atoms with E-state index in [1.54, 1.807) is 6.07 Å². The number of hydrogen-bond donors (Lipinski definition) is 0. The average molecular weight is 490 g/mol. The monoisotopic (exact) mass is 490 g/mol. The highest BCUT2D eigenvalue weighted by atomic mass is 19.1. The van der Waals surface area contributed by atoms with Gasteiger partial charge in [0.05, 0.1) is 17.3 Å². The first-order chi connectivity index (χ1) is 18.2. The number of aromatic nitrogens is 1. The summed E-state index contributed by atoms with van der Waals surface area (Å²) in [7, 11) is 12.6. The van der Waals surface area contributed by atoms with Crippen molar-refractivity contribution < 1.29 is 8.81 Å². The van der Waals surface area contributed by atoms with Crippen molar-refractivity contribution in [3.8, 4) is 28.5 Å². The second-order valence-electron chi connectivity index (χ2n) is 10.5. The third-order valence-electron chi connectivity index (χ3n) is 7.05. The molecule has 0 aliphatic heterocycles. The Morgan fingerprint density at radius 2 is 1.47 bits per heavy atom. The molecule has 4 radical (unpaired) electrons. The summed E-state index contributed by atoms with van der Waals surface area (Å²) in [4.78, 5) is 4.55. The van der Waals surface area contributed by atoms with Crippen molar-refractivity contribution in [2.24, 2.45) is 0 Å². The molecule has 6 aromatic rings. The molecule has 0 spiro atoms. The Labute approximate surface area is 222 Å². The zero-order valence-electron chi connectivity index (χ0n) is 21.3. The predicted octanol–water partition coefficient (Wildman–Crippen LogP) is 6.36. The topological polar surface area (TPSA) is 49.8 Å². The van der Waals surface area contributed by atoms with Crippen molar-refractivity contribution in [1.82, 2.24) is 4.98 Å². The Morgan fingerprint density at radius 1 is 0.816 bits per heavy atom. The molecule has 0 fully saturated rings. The number of nitriles is 1. The van der Waals surface area contributed by atoms with Gasteiger partial charge in [0.2, 0.25) is 0 Å². The van der Waals surface area contributed by atoms with Gasteiger partial charge in [-0.1, -0.05) is 75.4 Å². The number of benzene rings is 4. The maximum absolute atomic E-state index is 15.5. The SMILES string of the molecule is [B]c1nc(-c2cccc3c2oc2c(-c4cccc5ccccc45)c(C#N)ccc23)c([B])c(F)c1C(C)(C)C. The van der Waals surface area contributed by atoms with E-state index in [-0.39, 0.29) is 22.3 Å². The molecule has 178 valence electrons. The summed E-state index contributed by atoms with van der Waals surface area (Å²) < 4.78 is 22.1. The minimum atomic E-state index is -0.573. The van der Waals surface area contributed by atoms with Crippen LogP contribution in [-0.2, 0) is 5.41 Å². The van der Waals surface area contributed by atoms with Gasteiger partial charge in [-0.3, -0.25) is 4.98 Å². The van der Waals surface area contributed by atoms with E-state index in [1.165, 1.54) is 0 Å². The number of rotatable bonds is 2. The number of fused-ring (bicyclic) bond motifs is 4. The van der Waals surface area contributed by atoms with E-state index in [9.17, 15) is 5.26 Å². The number of hydrogen-bond acceptors (Lipinski definition) is 3. The van der Waals surface area contributed by atoms with Crippen LogP contribution >= 0.6 is 0 Å². The molecule has 38 heavy (non-hydrogen) atoms. The molecule has 0 aliphatic rings. The number of furan rings is 1. The number of nitrogens with zero attached hydrogens (tertiary/aromatic N) is 2. The molecule has 2 aromatic heterocycles. The number of para-hydroxylation sites is 1. The van der Waals surface area contributed by atoms with Gasteiger partial charge in [-0.2, -0.15) is 5.26 Å². The molecule has 0 saturated heterocycles. The lowest BCUT2D eigenvalue weighted by Gasteiger charge is -2.24. The maximum atomic E-state index is 15.5. The van der Waals surface area contributed by atoms with Crippen molar-refractivity contribution in [2.45, 2.75) is 26.2 Å². The van der Waals surface area contributed by atoms with Gasteiger partial charge in [-0.15, -0.1) is 0 Å². The van der Waals surface area contributed by atoms with Gasteiger partial charge >= 0.3 is 0 Å². The molecule has 0 atom stereocenters. The lowest BCUT2D eigenvalue weighted by atomic mass is 9.76. The van der Waals surface area contributed by atoms with E-state index >= 15 is 4.39 Å². The van der Waals surface area contributed by atoms with Crippen LogP contribution in [0.1, 0.15) is 31.9 Å². The van der Waals surface area contributed by atoms with Crippen LogP contribution < -0.4 is 11.1 Å². The second kappa shape index (κ2) is 8.60. The highest BCUT2D eigenvalue weighted by molar-refractivity contribution is 6.38. The number of halogens is 1. The number of pyridine rings is 1. The molecule has 0 N–H and O–H groups in total. The van der Waals surface area contributed by atoms with Gasteiger partial charge in [0.25, 0.3) is 0 Å². The first-order valence-electron chi connectivity index (χ1n) is 12.3. The van der Waals surface area contributed by atoms with Gasteiger partial charge in [0.1, 0.15) is 32.7 Å². The molecule has 4 aromatic carbocycles. The van der Waals surface area contributed by atoms with E-state index in [0.29, 0.717) is 27.9 Å². The van der Waals surface area contributed by atoms with Gasteiger partial charge in [0, 0.05) is 27.5 Å². The summed E-state index contributed by atoms with van der Waals surface area (Å²) in [5.41, 5.74) is 3.66. The average Bonchev–Trinajstić information content (AvgIpc) is 3.28. The minimum Gasteiger partial charge on any atom is -0.455 e. The van der Waals surface area contributed by atoms with Crippen LogP contribution in [0.4, 0.5) is 4.39 Å². The zero-order chi connectivity index (χ0) is 26.8. The van der Waals surface area contributed by atoms with Crippen molar-refractivity contribution >= 4 is 59.5 Å². The minimum absolute atomic E-state index is 0.0796.